The van der Waals surface area contributed by atoms with Gasteiger partial charge in [-0.05, 0) is 30.9 Å². The molecule has 1 aliphatic rings. The molecule has 0 radical (unpaired) electrons. The summed E-state index contributed by atoms with van der Waals surface area (Å²) in [6, 6.07) is 17.7. The molecule has 2 aromatic carbocycles. The Labute approximate surface area is 153 Å². The van der Waals surface area contributed by atoms with Crippen molar-refractivity contribution in [2.75, 3.05) is 19.8 Å². The van der Waals surface area contributed by atoms with Gasteiger partial charge in [0.25, 0.3) is 0 Å². The highest BCUT2D eigenvalue weighted by atomic mass is 16.7. The molecule has 0 atom stereocenters. The fourth-order valence-electron chi connectivity index (χ4n) is 3.27. The van der Waals surface area contributed by atoms with Crippen LogP contribution in [0.3, 0.4) is 0 Å². The molecule has 0 saturated carbocycles. The molecule has 5 nitrogen and oxygen atoms in total. The number of benzene rings is 2. The van der Waals surface area contributed by atoms with Gasteiger partial charge in [0, 0.05) is 12.0 Å². The summed E-state index contributed by atoms with van der Waals surface area (Å²) in [6.07, 6.45) is 3.48. The number of rotatable bonds is 9. The van der Waals surface area contributed by atoms with Gasteiger partial charge in [0.1, 0.15) is 5.75 Å². The molecule has 3 rings (SSSR count). The first-order valence-electron chi connectivity index (χ1n) is 8.95. The van der Waals surface area contributed by atoms with Gasteiger partial charge in [-0.15, -0.1) is 0 Å². The lowest BCUT2D eigenvalue weighted by molar-refractivity contribution is -0.171. The third kappa shape index (κ3) is 4.62. The summed E-state index contributed by atoms with van der Waals surface area (Å²) in [7, 11) is 0. The Bertz CT molecular complexity index is 707. The van der Waals surface area contributed by atoms with Crippen LogP contribution in [0, 0.1) is 0 Å². The molecule has 138 valence electrons. The fraction of sp³-hybridized carbons (Fsp3) is 0.381. The number of aliphatic carboxylic acids is 1. The molecule has 0 bridgehead atoms. The van der Waals surface area contributed by atoms with E-state index in [1.165, 1.54) is 0 Å². The molecular formula is C21H24O5. The SMILES string of the molecule is O=C(O)COc1ccccc1CCCCC1(c2ccccc2)OCCO1. The second-order valence-corrected chi connectivity index (χ2v) is 6.31. The molecule has 1 fully saturated rings. The van der Waals surface area contributed by atoms with Crippen molar-refractivity contribution in [2.45, 2.75) is 31.5 Å². The minimum Gasteiger partial charge on any atom is -0.482 e. The van der Waals surface area contributed by atoms with Crippen LogP contribution in [0.25, 0.3) is 0 Å². The van der Waals surface area contributed by atoms with Crippen molar-refractivity contribution in [3.8, 4) is 5.75 Å². The van der Waals surface area contributed by atoms with E-state index in [1.807, 2.05) is 54.6 Å². The molecule has 1 saturated heterocycles. The summed E-state index contributed by atoms with van der Waals surface area (Å²) in [5.74, 6) is -0.971. The van der Waals surface area contributed by atoms with Gasteiger partial charge in [-0.1, -0.05) is 48.5 Å². The fourth-order valence-corrected chi connectivity index (χ4v) is 3.27. The summed E-state index contributed by atoms with van der Waals surface area (Å²) < 4.78 is 17.3. The number of carboxylic acid groups (broad SMARTS) is 1. The van der Waals surface area contributed by atoms with Crippen molar-refractivity contribution in [3.63, 3.8) is 0 Å². The summed E-state index contributed by atoms with van der Waals surface area (Å²) in [5.41, 5.74) is 2.08. The van der Waals surface area contributed by atoms with Crippen LogP contribution in [0.5, 0.6) is 5.75 Å². The van der Waals surface area contributed by atoms with E-state index in [0.29, 0.717) is 19.0 Å². The summed E-state index contributed by atoms with van der Waals surface area (Å²) in [5, 5.41) is 8.79. The van der Waals surface area contributed by atoms with E-state index in [4.69, 9.17) is 19.3 Å². The van der Waals surface area contributed by atoms with Gasteiger partial charge in [0.2, 0.25) is 0 Å². The monoisotopic (exact) mass is 356 g/mol. The minimum atomic E-state index is -0.972. The minimum absolute atomic E-state index is 0.324. The molecule has 1 N–H and O–H groups in total. The summed E-state index contributed by atoms with van der Waals surface area (Å²) >= 11 is 0. The van der Waals surface area contributed by atoms with E-state index in [2.05, 4.69) is 0 Å². The van der Waals surface area contributed by atoms with Gasteiger partial charge in [0.05, 0.1) is 13.2 Å². The Morgan fingerprint density at radius 1 is 1.00 bits per heavy atom. The van der Waals surface area contributed by atoms with Crippen LogP contribution >= 0.6 is 0 Å². The van der Waals surface area contributed by atoms with Crippen LogP contribution in [0.4, 0.5) is 0 Å². The lowest BCUT2D eigenvalue weighted by atomic mass is 9.97. The first-order valence-corrected chi connectivity index (χ1v) is 8.95. The zero-order chi connectivity index (χ0) is 18.2. The van der Waals surface area contributed by atoms with Crippen molar-refractivity contribution in [2.24, 2.45) is 0 Å². The first-order chi connectivity index (χ1) is 12.7. The number of ether oxygens (including phenoxy) is 3. The molecule has 0 spiro atoms. The predicted molar refractivity (Wildman–Crippen MR) is 97.2 cm³/mol. The Morgan fingerprint density at radius 2 is 1.69 bits per heavy atom. The number of aryl methyl sites for hydroxylation is 1. The quantitative estimate of drug-likeness (QED) is 0.693. The summed E-state index contributed by atoms with van der Waals surface area (Å²) in [4.78, 5) is 10.7. The molecule has 2 aromatic rings. The van der Waals surface area contributed by atoms with Gasteiger partial charge in [-0.3, -0.25) is 0 Å². The van der Waals surface area contributed by atoms with Crippen LogP contribution in [-0.4, -0.2) is 30.9 Å². The molecule has 0 unspecified atom stereocenters. The van der Waals surface area contributed by atoms with Gasteiger partial charge < -0.3 is 19.3 Å². The lowest BCUT2D eigenvalue weighted by Gasteiger charge is -2.28. The number of carboxylic acids is 1. The van der Waals surface area contributed by atoms with Gasteiger partial charge in [-0.25, -0.2) is 4.79 Å². The maximum absolute atomic E-state index is 10.7. The second-order valence-electron chi connectivity index (χ2n) is 6.31. The highest BCUT2D eigenvalue weighted by Gasteiger charge is 2.37. The average Bonchev–Trinajstić information content (AvgIpc) is 3.15. The Hall–Kier alpha value is -2.37. The van der Waals surface area contributed by atoms with Crippen molar-refractivity contribution < 1.29 is 24.1 Å². The lowest BCUT2D eigenvalue weighted by Crippen LogP contribution is -2.27. The topological polar surface area (TPSA) is 65.0 Å². The van der Waals surface area contributed by atoms with Crippen LogP contribution < -0.4 is 4.74 Å². The number of hydrogen-bond acceptors (Lipinski definition) is 4. The van der Waals surface area contributed by atoms with Crippen molar-refractivity contribution in [3.05, 3.63) is 65.7 Å². The molecule has 26 heavy (non-hydrogen) atoms. The first kappa shape index (κ1) is 18.4. The van der Waals surface area contributed by atoms with Crippen molar-refractivity contribution in [1.82, 2.24) is 0 Å². The smallest absolute Gasteiger partial charge is 0.341 e. The van der Waals surface area contributed by atoms with Crippen molar-refractivity contribution >= 4 is 5.97 Å². The normalized spacial score (nSPS) is 15.7. The van der Waals surface area contributed by atoms with Crippen molar-refractivity contribution in [1.29, 1.82) is 0 Å². The number of para-hydroxylation sites is 1. The third-order valence-electron chi connectivity index (χ3n) is 4.49. The van der Waals surface area contributed by atoms with E-state index in [1.54, 1.807) is 0 Å². The highest BCUT2D eigenvalue weighted by Crippen LogP contribution is 2.36. The standard InChI is InChI=1S/C21H24O5/c22-20(23)16-24-19-12-5-4-8-17(19)9-6-7-13-21(25-14-15-26-21)18-10-2-1-3-11-18/h1-5,8,10-12H,6-7,9,13-16H2,(H,22,23). The van der Waals surface area contributed by atoms with Gasteiger partial charge in [0.15, 0.2) is 12.4 Å². The molecular weight excluding hydrogens is 332 g/mol. The molecule has 0 amide bonds. The Kier molecular flexibility index (Phi) is 6.26. The van der Waals surface area contributed by atoms with Crippen LogP contribution in [-0.2, 0) is 26.5 Å². The molecule has 1 heterocycles. The molecule has 5 heteroatoms. The predicted octanol–water partition coefficient (Wildman–Crippen LogP) is 3.76. The van der Waals surface area contributed by atoms with E-state index >= 15 is 0 Å². The van der Waals surface area contributed by atoms with E-state index < -0.39 is 11.8 Å². The van der Waals surface area contributed by atoms with E-state index in [9.17, 15) is 4.79 Å². The largest absolute Gasteiger partial charge is 0.482 e. The summed E-state index contributed by atoms with van der Waals surface area (Å²) in [6.45, 7) is 0.900. The maximum Gasteiger partial charge on any atom is 0.341 e. The number of unbranched alkanes of at least 4 members (excludes halogenated alkanes) is 1. The molecule has 0 aromatic heterocycles. The van der Waals surface area contributed by atoms with Crippen LogP contribution in [0.1, 0.15) is 30.4 Å². The molecule has 0 aliphatic carbocycles. The Morgan fingerprint density at radius 3 is 2.42 bits per heavy atom. The van der Waals surface area contributed by atoms with Gasteiger partial charge in [-0.2, -0.15) is 0 Å². The number of hydrogen-bond donors (Lipinski definition) is 1. The highest BCUT2D eigenvalue weighted by molar-refractivity contribution is 5.68. The zero-order valence-corrected chi connectivity index (χ0v) is 14.7. The second kappa shape index (κ2) is 8.83. The molecule has 1 aliphatic heterocycles. The third-order valence-corrected chi connectivity index (χ3v) is 4.49. The van der Waals surface area contributed by atoms with E-state index in [-0.39, 0.29) is 6.61 Å². The van der Waals surface area contributed by atoms with E-state index in [0.717, 1.165) is 36.8 Å². The number of carbonyl (C=O) groups is 1. The Balaban J connectivity index is 1.56. The zero-order valence-electron chi connectivity index (χ0n) is 14.7. The maximum atomic E-state index is 10.7. The van der Waals surface area contributed by atoms with Crippen LogP contribution in [0.2, 0.25) is 0 Å². The van der Waals surface area contributed by atoms with Crippen LogP contribution in [0.15, 0.2) is 54.6 Å². The van der Waals surface area contributed by atoms with Gasteiger partial charge >= 0.3 is 5.97 Å². The average molecular weight is 356 g/mol.